The molecule has 4 rings (SSSR count). The third-order valence-electron chi connectivity index (χ3n) is 6.02. The van der Waals surface area contributed by atoms with Gasteiger partial charge in [-0.15, -0.1) is 0 Å². The molecule has 3 aromatic rings. The van der Waals surface area contributed by atoms with Crippen molar-refractivity contribution < 1.29 is 38.6 Å². The molecular weight excluding hydrogens is 428 g/mol. The van der Waals surface area contributed by atoms with Crippen molar-refractivity contribution in [2.24, 2.45) is 0 Å². The van der Waals surface area contributed by atoms with Gasteiger partial charge in [-0.05, 0) is 28.5 Å². The number of benzene rings is 2. The van der Waals surface area contributed by atoms with Crippen LogP contribution in [0.2, 0.25) is 0 Å². The number of carboxylic acid groups (broad SMARTS) is 1. The highest BCUT2D eigenvalue weighted by Crippen LogP contribution is 2.40. The number of aliphatic carboxylic acids is 1. The zero-order chi connectivity index (χ0) is 23.7. The lowest BCUT2D eigenvalue weighted by molar-refractivity contribution is -0.703. The van der Waals surface area contributed by atoms with E-state index in [2.05, 4.69) is 0 Å². The molecule has 1 aliphatic rings. The van der Waals surface area contributed by atoms with Crippen LogP contribution in [0.1, 0.15) is 40.7 Å². The number of nitrogens with zero attached hydrogens (tertiary/aromatic N) is 2. The van der Waals surface area contributed by atoms with Crippen LogP contribution >= 0.6 is 0 Å². The maximum Gasteiger partial charge on any atom is 0.305 e. The quantitative estimate of drug-likeness (QED) is 0.398. The van der Waals surface area contributed by atoms with Gasteiger partial charge in [0, 0.05) is 19.4 Å². The largest absolute Gasteiger partial charge is 0.493 e. The van der Waals surface area contributed by atoms with E-state index in [-0.39, 0.29) is 13.2 Å². The summed E-state index contributed by atoms with van der Waals surface area (Å²) in [5.41, 5.74) is 2.95. The van der Waals surface area contributed by atoms with Gasteiger partial charge in [-0.2, -0.15) is 0 Å². The Kier molecular flexibility index (Phi) is 6.04. The molecule has 2 heterocycles. The van der Waals surface area contributed by atoms with E-state index in [1.807, 2.05) is 29.7 Å². The average molecular weight is 455 g/mol. The van der Waals surface area contributed by atoms with Gasteiger partial charge in [0.05, 0.1) is 20.6 Å². The monoisotopic (exact) mass is 455 g/mol. The predicted molar refractivity (Wildman–Crippen MR) is 117 cm³/mol. The Balaban J connectivity index is 1.87. The number of imidazole rings is 1. The second-order valence-electron chi connectivity index (χ2n) is 7.85. The molecule has 9 nitrogen and oxygen atoms in total. The number of hydrogen-bond donors (Lipinski definition) is 2. The Bertz CT molecular complexity index is 1200. The molecule has 0 unspecified atom stereocenters. The van der Waals surface area contributed by atoms with Gasteiger partial charge in [-0.1, -0.05) is 18.2 Å². The number of para-hydroxylation sites is 1. The standard InChI is InChI=1S/C24H26N2O7/c1-14-15(2)26(29)24(25(14)12-16-8-9-19-21(10-16)33-13-32-19)18(11-22(27)28)17-6-5-7-20(30-3)23(17)31-4/h5-10,18H,11-13H2,1-4H3,(H-,27,28,29)/p+1/t18-/m0/s1. The molecule has 0 amide bonds. The lowest BCUT2D eigenvalue weighted by Gasteiger charge is -2.18. The van der Waals surface area contributed by atoms with Crippen LogP contribution in [-0.2, 0) is 11.3 Å². The molecule has 0 saturated carbocycles. The summed E-state index contributed by atoms with van der Waals surface area (Å²) in [5, 5.41) is 20.8. The highest BCUT2D eigenvalue weighted by Gasteiger charge is 2.37. The number of fused-ring (bicyclic) bond motifs is 1. The number of rotatable bonds is 8. The summed E-state index contributed by atoms with van der Waals surface area (Å²) < 4.78 is 24.9. The van der Waals surface area contributed by atoms with Crippen LogP contribution in [-0.4, -0.2) is 42.0 Å². The van der Waals surface area contributed by atoms with Gasteiger partial charge in [-0.25, -0.2) is 4.57 Å². The molecule has 0 spiro atoms. The molecular formula is C24H27N2O7+. The van der Waals surface area contributed by atoms with Crippen LogP contribution in [0, 0.1) is 13.8 Å². The van der Waals surface area contributed by atoms with Crippen LogP contribution in [0.4, 0.5) is 0 Å². The zero-order valence-corrected chi connectivity index (χ0v) is 19.0. The lowest BCUT2D eigenvalue weighted by Crippen LogP contribution is -2.42. The summed E-state index contributed by atoms with van der Waals surface area (Å²) in [7, 11) is 3.03. The number of methoxy groups -OCH3 is 2. The van der Waals surface area contributed by atoms with E-state index < -0.39 is 11.9 Å². The highest BCUT2D eigenvalue weighted by atomic mass is 16.7. The summed E-state index contributed by atoms with van der Waals surface area (Å²) in [6.07, 6.45) is -0.256. The Morgan fingerprint density at radius 1 is 1.15 bits per heavy atom. The third kappa shape index (κ3) is 4.02. The first-order chi connectivity index (χ1) is 15.8. The minimum Gasteiger partial charge on any atom is -0.493 e. The lowest BCUT2D eigenvalue weighted by atomic mass is 9.93. The van der Waals surface area contributed by atoms with E-state index >= 15 is 0 Å². The smallest absolute Gasteiger partial charge is 0.305 e. The van der Waals surface area contributed by atoms with Crippen LogP contribution in [0.15, 0.2) is 36.4 Å². The number of carboxylic acids is 1. The van der Waals surface area contributed by atoms with Crippen LogP contribution in [0.5, 0.6) is 23.0 Å². The number of aromatic nitrogens is 2. The van der Waals surface area contributed by atoms with Crippen molar-refractivity contribution >= 4 is 5.97 Å². The van der Waals surface area contributed by atoms with E-state index in [1.54, 1.807) is 25.1 Å². The first-order valence-corrected chi connectivity index (χ1v) is 10.5. The fourth-order valence-corrected chi connectivity index (χ4v) is 4.27. The Morgan fingerprint density at radius 3 is 2.61 bits per heavy atom. The van der Waals surface area contributed by atoms with E-state index in [9.17, 15) is 15.1 Å². The maximum atomic E-state index is 11.9. The SMILES string of the molecule is COc1cccc([C@H](CC(=O)O)c2n(O)c(C)c(C)[n+]2Cc2ccc3c(c2)OCO3)c1OC. The van der Waals surface area contributed by atoms with Gasteiger partial charge in [0.2, 0.25) is 6.79 Å². The van der Waals surface area contributed by atoms with Crippen molar-refractivity contribution in [1.29, 1.82) is 0 Å². The van der Waals surface area contributed by atoms with Gasteiger partial charge < -0.3 is 29.3 Å². The summed E-state index contributed by atoms with van der Waals surface area (Å²) in [6.45, 7) is 4.25. The second-order valence-corrected chi connectivity index (χ2v) is 7.85. The topological polar surface area (TPSA) is 103 Å². The van der Waals surface area contributed by atoms with Crippen molar-refractivity contribution in [3.63, 3.8) is 0 Å². The Morgan fingerprint density at radius 2 is 1.91 bits per heavy atom. The predicted octanol–water partition coefficient (Wildman–Crippen LogP) is 3.03. The minimum absolute atomic E-state index is 0.179. The van der Waals surface area contributed by atoms with Crippen molar-refractivity contribution in [2.45, 2.75) is 32.7 Å². The van der Waals surface area contributed by atoms with E-state index in [0.29, 0.717) is 46.6 Å². The molecule has 0 radical (unpaired) electrons. The Labute approximate surface area is 191 Å². The fourth-order valence-electron chi connectivity index (χ4n) is 4.27. The van der Waals surface area contributed by atoms with Crippen molar-refractivity contribution in [1.82, 2.24) is 4.73 Å². The molecule has 0 fully saturated rings. The highest BCUT2D eigenvalue weighted by molar-refractivity contribution is 5.69. The second kappa shape index (κ2) is 8.93. The summed E-state index contributed by atoms with van der Waals surface area (Å²) in [4.78, 5) is 11.9. The molecule has 1 atom stereocenters. The van der Waals surface area contributed by atoms with Gasteiger partial charge in [0.25, 0.3) is 0 Å². The van der Waals surface area contributed by atoms with Crippen molar-refractivity contribution in [3.05, 3.63) is 64.7 Å². The van der Waals surface area contributed by atoms with Gasteiger partial charge in [0.15, 0.2) is 28.7 Å². The van der Waals surface area contributed by atoms with E-state index in [1.165, 1.54) is 14.2 Å². The Hall–Kier alpha value is -3.88. The molecule has 2 aromatic carbocycles. The molecule has 1 aromatic heterocycles. The maximum absolute atomic E-state index is 11.9. The minimum atomic E-state index is -1.00. The van der Waals surface area contributed by atoms with Crippen LogP contribution < -0.4 is 23.5 Å². The van der Waals surface area contributed by atoms with Gasteiger partial charge >= 0.3 is 11.8 Å². The summed E-state index contributed by atoms with van der Waals surface area (Å²) in [5.74, 6) is 0.964. The molecule has 33 heavy (non-hydrogen) atoms. The van der Waals surface area contributed by atoms with Gasteiger partial charge in [0.1, 0.15) is 18.2 Å². The number of carbonyl (C=O) groups is 1. The average Bonchev–Trinajstić information content (AvgIpc) is 3.35. The van der Waals surface area contributed by atoms with Crippen molar-refractivity contribution in [3.8, 4) is 23.0 Å². The van der Waals surface area contributed by atoms with Gasteiger partial charge in [-0.3, -0.25) is 4.79 Å². The van der Waals surface area contributed by atoms with Crippen LogP contribution in [0.25, 0.3) is 0 Å². The molecule has 1 aliphatic heterocycles. The van der Waals surface area contributed by atoms with E-state index in [0.717, 1.165) is 16.0 Å². The molecule has 9 heteroatoms. The first kappa shape index (κ1) is 22.3. The molecule has 0 aliphatic carbocycles. The van der Waals surface area contributed by atoms with E-state index in [4.69, 9.17) is 18.9 Å². The van der Waals surface area contributed by atoms with Crippen molar-refractivity contribution in [2.75, 3.05) is 21.0 Å². The normalized spacial score (nSPS) is 13.1. The summed E-state index contributed by atoms with van der Waals surface area (Å²) in [6, 6.07) is 11.0. The number of hydrogen-bond acceptors (Lipinski definition) is 6. The number of ether oxygens (including phenoxy) is 4. The first-order valence-electron chi connectivity index (χ1n) is 10.5. The molecule has 174 valence electrons. The molecule has 2 N–H and O–H groups in total. The fraction of sp³-hybridized carbons (Fsp3) is 0.333. The molecule has 0 bridgehead atoms. The third-order valence-corrected chi connectivity index (χ3v) is 6.02. The van der Waals surface area contributed by atoms with Crippen LogP contribution in [0.3, 0.4) is 0 Å². The summed E-state index contributed by atoms with van der Waals surface area (Å²) >= 11 is 0. The zero-order valence-electron chi connectivity index (χ0n) is 19.0. The molecule has 0 saturated heterocycles.